The van der Waals surface area contributed by atoms with Crippen LogP contribution >= 0.6 is 31.9 Å². The van der Waals surface area contributed by atoms with E-state index in [1.165, 1.54) is 0 Å². The normalized spacial score (nSPS) is 10.5. The molecule has 0 aliphatic heterocycles. The molecule has 0 aliphatic carbocycles. The number of carbonyl (C=O) groups excluding carboxylic acids is 2. The van der Waals surface area contributed by atoms with Gasteiger partial charge in [-0.2, -0.15) is 0 Å². The van der Waals surface area contributed by atoms with Crippen molar-refractivity contribution in [2.75, 3.05) is 0 Å². The van der Waals surface area contributed by atoms with Crippen LogP contribution < -0.4 is 4.74 Å². The van der Waals surface area contributed by atoms with Crippen molar-refractivity contribution in [2.24, 2.45) is 0 Å². The molecule has 0 spiro atoms. The van der Waals surface area contributed by atoms with E-state index in [-0.39, 0.29) is 5.75 Å². The lowest BCUT2D eigenvalue weighted by Crippen LogP contribution is -2.11. The molecule has 0 aromatic heterocycles. The number of hydrogen-bond acceptors (Lipinski definition) is 3. The van der Waals surface area contributed by atoms with Crippen molar-refractivity contribution in [3.63, 3.8) is 0 Å². The first-order valence-electron chi connectivity index (χ1n) is 6.74. The number of rotatable bonds is 3. The molecule has 0 aliphatic rings. The summed E-state index contributed by atoms with van der Waals surface area (Å²) < 4.78 is 6.73. The van der Waals surface area contributed by atoms with Gasteiger partial charge in [-0.1, -0.05) is 52.3 Å². The third-order valence-corrected chi connectivity index (χ3v) is 4.42. The van der Waals surface area contributed by atoms with Gasteiger partial charge < -0.3 is 4.74 Å². The highest BCUT2D eigenvalue weighted by atomic mass is 79.9. The van der Waals surface area contributed by atoms with Gasteiger partial charge in [-0.25, -0.2) is 4.79 Å². The summed E-state index contributed by atoms with van der Waals surface area (Å²) in [6.45, 7) is 0. The molecule has 0 radical (unpaired) electrons. The molecular weight excluding hydrogens is 424 g/mol. The maximum absolute atomic E-state index is 12.6. The molecule has 3 nitrogen and oxygen atoms in total. The average molecular weight is 434 g/mol. The van der Waals surface area contributed by atoms with Crippen molar-refractivity contribution < 1.29 is 14.3 Å². The van der Waals surface area contributed by atoms with Crippen LogP contribution in [-0.4, -0.2) is 12.3 Å². The molecule has 0 unspecified atom stereocenters. The molecule has 0 saturated heterocycles. The Hall–Kier alpha value is -1.98. The van der Waals surface area contributed by atoms with Gasteiger partial charge in [-0.05, 0) is 44.9 Å². The summed E-state index contributed by atoms with van der Waals surface area (Å²) in [7, 11) is 0. The largest absolute Gasteiger partial charge is 0.421 e. The van der Waals surface area contributed by atoms with E-state index >= 15 is 0 Å². The molecule has 0 saturated carbocycles. The lowest BCUT2D eigenvalue weighted by molar-refractivity contribution is 0.0734. The zero-order valence-electron chi connectivity index (χ0n) is 11.8. The van der Waals surface area contributed by atoms with Gasteiger partial charge in [-0.15, -0.1) is 0 Å². The first-order valence-corrected chi connectivity index (χ1v) is 8.33. The van der Waals surface area contributed by atoms with Crippen molar-refractivity contribution >= 4 is 54.9 Å². The molecule has 3 aromatic rings. The molecule has 0 amide bonds. The summed E-state index contributed by atoms with van der Waals surface area (Å²) in [6, 6.07) is 16.3. The van der Waals surface area contributed by atoms with Crippen LogP contribution in [0.3, 0.4) is 0 Å². The minimum absolute atomic E-state index is 0.209. The fourth-order valence-corrected chi connectivity index (χ4v) is 3.67. The zero-order chi connectivity index (χ0) is 16.4. The smallest absolute Gasteiger partial charge is 0.344 e. The Kier molecular flexibility index (Phi) is 4.59. The van der Waals surface area contributed by atoms with E-state index in [2.05, 4.69) is 31.9 Å². The standard InChI is InChI=1S/C18H10Br2O3/c19-13-8-12(10-21)17(16(20)9-13)23-18(22)15-7-3-5-11-4-1-2-6-14(11)15/h1-10H. The quantitative estimate of drug-likeness (QED) is 0.315. The van der Waals surface area contributed by atoms with Crippen molar-refractivity contribution in [2.45, 2.75) is 0 Å². The summed E-state index contributed by atoms with van der Waals surface area (Å²) in [5.74, 6) is -0.297. The van der Waals surface area contributed by atoms with Gasteiger partial charge in [0.25, 0.3) is 0 Å². The van der Waals surface area contributed by atoms with E-state index in [9.17, 15) is 9.59 Å². The van der Waals surface area contributed by atoms with Gasteiger partial charge in [0.15, 0.2) is 12.0 Å². The van der Waals surface area contributed by atoms with Crippen molar-refractivity contribution in [3.05, 3.63) is 74.7 Å². The first kappa shape index (κ1) is 15.9. The maximum atomic E-state index is 12.6. The van der Waals surface area contributed by atoms with Gasteiger partial charge in [0.05, 0.1) is 15.6 Å². The summed E-state index contributed by atoms with van der Waals surface area (Å²) in [5.41, 5.74) is 0.745. The molecule has 0 heterocycles. The molecule has 3 rings (SSSR count). The Bertz CT molecular complexity index is 914. The number of halogens is 2. The van der Waals surface area contributed by atoms with Crippen LogP contribution in [0.5, 0.6) is 5.75 Å². The van der Waals surface area contributed by atoms with Crippen LogP contribution in [0.4, 0.5) is 0 Å². The lowest BCUT2D eigenvalue weighted by atomic mass is 10.0. The zero-order valence-corrected chi connectivity index (χ0v) is 14.9. The SMILES string of the molecule is O=Cc1cc(Br)cc(Br)c1OC(=O)c1cccc2ccccc12. The second-order valence-electron chi connectivity index (χ2n) is 4.84. The van der Waals surface area contributed by atoms with Crippen LogP contribution in [0.2, 0.25) is 0 Å². The van der Waals surface area contributed by atoms with Gasteiger partial charge in [0, 0.05) is 4.47 Å². The van der Waals surface area contributed by atoms with Crippen LogP contribution in [0, 0.1) is 0 Å². The summed E-state index contributed by atoms with van der Waals surface area (Å²) in [6.07, 6.45) is 0.654. The highest BCUT2D eigenvalue weighted by molar-refractivity contribution is 9.11. The van der Waals surface area contributed by atoms with E-state index in [4.69, 9.17) is 4.74 Å². The number of benzene rings is 3. The maximum Gasteiger partial charge on any atom is 0.344 e. The van der Waals surface area contributed by atoms with E-state index in [1.807, 2.05) is 30.3 Å². The van der Waals surface area contributed by atoms with Gasteiger partial charge in [0.2, 0.25) is 0 Å². The third-order valence-electron chi connectivity index (χ3n) is 3.37. The molecule has 0 atom stereocenters. The number of fused-ring (bicyclic) bond motifs is 1. The minimum atomic E-state index is -0.507. The highest BCUT2D eigenvalue weighted by Gasteiger charge is 2.17. The van der Waals surface area contributed by atoms with E-state index in [0.717, 1.165) is 15.2 Å². The molecule has 114 valence electrons. The fraction of sp³-hybridized carbons (Fsp3) is 0. The van der Waals surface area contributed by atoms with E-state index < -0.39 is 5.97 Å². The van der Waals surface area contributed by atoms with Crippen molar-refractivity contribution in [1.29, 1.82) is 0 Å². The number of carbonyl (C=O) groups is 2. The van der Waals surface area contributed by atoms with Crippen LogP contribution in [0.15, 0.2) is 63.5 Å². The summed E-state index contributed by atoms with van der Waals surface area (Å²) in [4.78, 5) is 23.8. The second kappa shape index (κ2) is 6.64. The Balaban J connectivity index is 2.04. The number of ether oxygens (including phenoxy) is 1. The van der Waals surface area contributed by atoms with Crippen LogP contribution in [0.25, 0.3) is 10.8 Å². The summed E-state index contributed by atoms with van der Waals surface area (Å²) >= 11 is 6.63. The lowest BCUT2D eigenvalue weighted by Gasteiger charge is -2.11. The molecule has 0 bridgehead atoms. The Labute approximate surface area is 149 Å². The second-order valence-corrected chi connectivity index (χ2v) is 6.61. The minimum Gasteiger partial charge on any atom is -0.421 e. The van der Waals surface area contributed by atoms with Gasteiger partial charge in [-0.3, -0.25) is 4.79 Å². The number of hydrogen-bond donors (Lipinski definition) is 0. The van der Waals surface area contributed by atoms with Gasteiger partial charge in [0.1, 0.15) is 0 Å². The van der Waals surface area contributed by atoms with Crippen molar-refractivity contribution in [1.82, 2.24) is 0 Å². The molecule has 3 aromatic carbocycles. The first-order chi connectivity index (χ1) is 11.1. The van der Waals surface area contributed by atoms with E-state index in [0.29, 0.717) is 21.9 Å². The predicted octanol–water partition coefficient (Wildman–Crippen LogP) is 5.40. The van der Waals surface area contributed by atoms with E-state index in [1.54, 1.807) is 24.3 Å². The topological polar surface area (TPSA) is 43.4 Å². The molecular formula is C18H10Br2O3. The Morgan fingerprint density at radius 3 is 2.52 bits per heavy atom. The average Bonchev–Trinajstić information content (AvgIpc) is 2.56. The Morgan fingerprint density at radius 1 is 1.00 bits per heavy atom. The molecule has 23 heavy (non-hydrogen) atoms. The molecule has 5 heteroatoms. The monoisotopic (exact) mass is 432 g/mol. The molecule has 0 N–H and O–H groups in total. The highest BCUT2D eigenvalue weighted by Crippen LogP contribution is 2.33. The number of esters is 1. The van der Waals surface area contributed by atoms with Crippen LogP contribution in [-0.2, 0) is 0 Å². The third kappa shape index (κ3) is 3.21. The van der Waals surface area contributed by atoms with Gasteiger partial charge >= 0.3 is 5.97 Å². The Morgan fingerprint density at radius 2 is 1.74 bits per heavy atom. The summed E-state index contributed by atoms with van der Waals surface area (Å²) in [5, 5.41) is 1.76. The van der Waals surface area contributed by atoms with Crippen molar-refractivity contribution in [3.8, 4) is 5.75 Å². The predicted molar refractivity (Wildman–Crippen MR) is 96.1 cm³/mol. The van der Waals surface area contributed by atoms with Crippen LogP contribution in [0.1, 0.15) is 20.7 Å². The fourth-order valence-electron chi connectivity index (χ4n) is 2.33. The number of aldehydes is 1. The molecule has 0 fully saturated rings.